The highest BCUT2D eigenvalue weighted by molar-refractivity contribution is 7.09. The van der Waals surface area contributed by atoms with Crippen LogP contribution in [-0.2, 0) is 13.1 Å². The van der Waals surface area contributed by atoms with E-state index >= 15 is 0 Å². The summed E-state index contributed by atoms with van der Waals surface area (Å²) < 4.78 is 5.47. The molecule has 0 spiro atoms. The fourth-order valence-corrected chi connectivity index (χ4v) is 4.24. The van der Waals surface area contributed by atoms with Crippen LogP contribution in [0, 0.1) is 0 Å². The Bertz CT molecular complexity index is 1140. The minimum absolute atomic E-state index is 0.169. The molecule has 0 saturated carbocycles. The number of fused-ring (bicyclic) bond motifs is 1. The molecule has 0 N–H and O–H groups in total. The number of amides is 1. The van der Waals surface area contributed by atoms with E-state index in [2.05, 4.69) is 4.98 Å². The number of methoxy groups -OCH3 is 1. The Morgan fingerprint density at radius 2 is 1.86 bits per heavy atom. The number of carbonyl (C=O) groups is 1. The number of hydrogen-bond donors (Lipinski definition) is 0. The molecule has 0 fully saturated rings. The molecule has 6 heteroatoms. The van der Waals surface area contributed by atoms with E-state index < -0.39 is 0 Å². The molecular weight excluding hydrogens is 404 g/mol. The Morgan fingerprint density at radius 1 is 1.07 bits per heavy atom. The molecule has 0 aliphatic rings. The van der Waals surface area contributed by atoms with Crippen molar-refractivity contribution in [2.75, 3.05) is 7.11 Å². The minimum Gasteiger partial charge on any atom is -0.496 e. The fraction of sp³-hybridized carbons (Fsp3) is 0.130. The average molecular weight is 423 g/mol. The van der Waals surface area contributed by atoms with Crippen LogP contribution < -0.4 is 4.74 Å². The molecule has 2 aromatic carbocycles. The van der Waals surface area contributed by atoms with Crippen molar-refractivity contribution in [3.8, 4) is 5.75 Å². The molecule has 0 bridgehead atoms. The lowest BCUT2D eigenvalue weighted by Gasteiger charge is -2.23. The molecule has 2 heterocycles. The van der Waals surface area contributed by atoms with Crippen molar-refractivity contribution in [1.29, 1.82) is 0 Å². The summed E-state index contributed by atoms with van der Waals surface area (Å²) in [6.45, 7) is 0.896. The number of halogens is 1. The number of ether oxygens (including phenoxy) is 1. The van der Waals surface area contributed by atoms with E-state index in [1.54, 1.807) is 29.4 Å². The zero-order chi connectivity index (χ0) is 20.2. The maximum atomic E-state index is 13.4. The Labute approximate surface area is 178 Å². The number of carbonyl (C=O) groups excluding carboxylic acids is 1. The molecule has 29 heavy (non-hydrogen) atoms. The van der Waals surface area contributed by atoms with Gasteiger partial charge in [-0.25, -0.2) is 4.98 Å². The highest BCUT2D eigenvalue weighted by atomic mass is 35.5. The first-order valence-electron chi connectivity index (χ1n) is 9.14. The largest absolute Gasteiger partial charge is 0.496 e. The quantitative estimate of drug-likeness (QED) is 0.369. The topological polar surface area (TPSA) is 42.4 Å². The summed E-state index contributed by atoms with van der Waals surface area (Å²) in [5, 5.41) is 4.07. The first-order chi connectivity index (χ1) is 14.2. The summed E-state index contributed by atoms with van der Waals surface area (Å²) in [5.41, 5.74) is 1.27. The number of nitrogens with zero attached hydrogens (tertiary/aromatic N) is 2. The monoisotopic (exact) mass is 422 g/mol. The molecule has 1 amide bonds. The van der Waals surface area contributed by atoms with Crippen molar-refractivity contribution >= 4 is 39.6 Å². The van der Waals surface area contributed by atoms with E-state index in [0.29, 0.717) is 23.9 Å². The summed E-state index contributed by atoms with van der Waals surface area (Å²) in [6.07, 6.45) is 0. The number of aromatic nitrogens is 1. The molecule has 4 aromatic rings. The molecule has 0 aliphatic heterocycles. The van der Waals surface area contributed by atoms with Gasteiger partial charge in [-0.2, -0.15) is 0 Å². The first-order valence-corrected chi connectivity index (χ1v) is 10.4. The van der Waals surface area contributed by atoms with E-state index in [4.69, 9.17) is 16.3 Å². The highest BCUT2D eigenvalue weighted by Gasteiger charge is 2.21. The van der Waals surface area contributed by atoms with Crippen molar-refractivity contribution in [2.45, 2.75) is 13.1 Å². The normalized spacial score (nSPS) is 10.8. The van der Waals surface area contributed by atoms with Crippen LogP contribution in [0.1, 0.15) is 20.9 Å². The predicted octanol–water partition coefficient (Wildman–Crippen LogP) is 5.80. The Kier molecular flexibility index (Phi) is 5.79. The number of hydrogen-bond acceptors (Lipinski definition) is 4. The Balaban J connectivity index is 1.71. The lowest BCUT2D eigenvalue weighted by atomic mass is 10.1. The summed E-state index contributed by atoms with van der Waals surface area (Å²) in [5.74, 6) is 0.581. The van der Waals surface area contributed by atoms with E-state index in [1.165, 1.54) is 0 Å². The highest BCUT2D eigenvalue weighted by Crippen LogP contribution is 2.26. The van der Waals surface area contributed by atoms with Gasteiger partial charge in [-0.15, -0.1) is 11.3 Å². The van der Waals surface area contributed by atoms with Gasteiger partial charge in [-0.05, 0) is 29.0 Å². The maximum Gasteiger partial charge on any atom is 0.273 e. The van der Waals surface area contributed by atoms with Gasteiger partial charge >= 0.3 is 0 Å². The second-order valence-electron chi connectivity index (χ2n) is 6.57. The molecule has 0 unspecified atom stereocenters. The van der Waals surface area contributed by atoms with Crippen molar-refractivity contribution in [2.24, 2.45) is 0 Å². The van der Waals surface area contributed by atoms with Gasteiger partial charge in [0.1, 0.15) is 16.6 Å². The second kappa shape index (κ2) is 8.64. The van der Waals surface area contributed by atoms with E-state index in [0.717, 1.165) is 27.0 Å². The molecule has 0 radical (unpaired) electrons. The summed E-state index contributed by atoms with van der Waals surface area (Å²) in [7, 11) is 1.63. The third-order valence-corrected chi connectivity index (χ3v) is 5.83. The zero-order valence-electron chi connectivity index (χ0n) is 15.8. The molecule has 2 aromatic heterocycles. The minimum atomic E-state index is -0.169. The van der Waals surface area contributed by atoms with Gasteiger partial charge in [-0.3, -0.25) is 4.79 Å². The zero-order valence-corrected chi connectivity index (χ0v) is 17.4. The fourth-order valence-electron chi connectivity index (χ4n) is 3.26. The van der Waals surface area contributed by atoms with E-state index in [-0.39, 0.29) is 5.91 Å². The van der Waals surface area contributed by atoms with Gasteiger partial charge in [0.05, 0.1) is 20.2 Å². The standard InChI is InChI=1S/C23H19ClN2O2S/c1-28-21-11-5-3-8-17(21)14-26(15-18-9-6-12-29-18)23(27)20-13-16-7-2-4-10-19(16)22(24)25-20/h2-13H,14-15H2,1H3. The lowest BCUT2D eigenvalue weighted by Crippen LogP contribution is -2.30. The summed E-state index contributed by atoms with van der Waals surface area (Å²) in [4.78, 5) is 20.7. The molecular formula is C23H19ClN2O2S. The van der Waals surface area contributed by atoms with Crippen molar-refractivity contribution in [3.63, 3.8) is 0 Å². The number of pyridine rings is 1. The SMILES string of the molecule is COc1ccccc1CN(Cc1cccs1)C(=O)c1cc2ccccc2c(Cl)n1. The van der Waals surface area contributed by atoms with Gasteiger partial charge in [0.2, 0.25) is 0 Å². The van der Waals surface area contributed by atoms with Crippen LogP contribution >= 0.6 is 22.9 Å². The van der Waals surface area contributed by atoms with Crippen LogP contribution in [-0.4, -0.2) is 22.9 Å². The van der Waals surface area contributed by atoms with Crippen molar-refractivity contribution in [1.82, 2.24) is 9.88 Å². The molecule has 0 aliphatic carbocycles. The van der Waals surface area contributed by atoms with Gasteiger partial charge in [0.25, 0.3) is 5.91 Å². The van der Waals surface area contributed by atoms with Gasteiger partial charge in [0.15, 0.2) is 0 Å². The molecule has 4 nitrogen and oxygen atoms in total. The van der Waals surface area contributed by atoms with Crippen LogP contribution in [0.25, 0.3) is 10.8 Å². The van der Waals surface area contributed by atoms with Gasteiger partial charge < -0.3 is 9.64 Å². The molecule has 146 valence electrons. The molecule has 4 rings (SSSR count). The maximum absolute atomic E-state index is 13.4. The first kappa shape index (κ1) is 19.4. The average Bonchev–Trinajstić information content (AvgIpc) is 3.26. The third kappa shape index (κ3) is 4.26. The van der Waals surface area contributed by atoms with Crippen molar-refractivity contribution < 1.29 is 9.53 Å². The molecule has 0 atom stereocenters. The third-order valence-electron chi connectivity index (χ3n) is 4.68. The van der Waals surface area contributed by atoms with Crippen LogP contribution in [0.4, 0.5) is 0 Å². The van der Waals surface area contributed by atoms with Crippen LogP contribution in [0.2, 0.25) is 5.15 Å². The smallest absolute Gasteiger partial charge is 0.273 e. The van der Waals surface area contributed by atoms with Gasteiger partial charge in [0, 0.05) is 15.8 Å². The number of benzene rings is 2. The van der Waals surface area contributed by atoms with Crippen LogP contribution in [0.15, 0.2) is 72.1 Å². The number of thiophene rings is 1. The summed E-state index contributed by atoms with van der Waals surface area (Å²) in [6, 6.07) is 21.2. The van der Waals surface area contributed by atoms with Crippen LogP contribution in [0.3, 0.4) is 0 Å². The molecule has 0 saturated heterocycles. The van der Waals surface area contributed by atoms with Crippen LogP contribution in [0.5, 0.6) is 5.75 Å². The second-order valence-corrected chi connectivity index (χ2v) is 7.96. The number of para-hydroxylation sites is 1. The summed E-state index contributed by atoms with van der Waals surface area (Å²) >= 11 is 7.98. The Morgan fingerprint density at radius 3 is 2.66 bits per heavy atom. The van der Waals surface area contributed by atoms with E-state index in [9.17, 15) is 4.79 Å². The van der Waals surface area contributed by atoms with Crippen molar-refractivity contribution in [3.05, 3.63) is 93.4 Å². The predicted molar refractivity (Wildman–Crippen MR) is 118 cm³/mol. The number of rotatable bonds is 6. The van der Waals surface area contributed by atoms with Gasteiger partial charge in [-0.1, -0.05) is 60.1 Å². The lowest BCUT2D eigenvalue weighted by molar-refractivity contribution is 0.0725. The Hall–Kier alpha value is -2.89. The van der Waals surface area contributed by atoms with E-state index in [1.807, 2.05) is 66.0 Å².